The molecule has 0 heterocycles. The van der Waals surface area contributed by atoms with Crippen molar-refractivity contribution in [3.05, 3.63) is 0 Å². The maximum absolute atomic E-state index is 12.8. The summed E-state index contributed by atoms with van der Waals surface area (Å²) in [6.45, 7) is 2.79. The van der Waals surface area contributed by atoms with E-state index in [9.17, 15) is 35.1 Å². The average Bonchev–Trinajstić information content (AvgIpc) is 2.23. The Morgan fingerprint density at radius 1 is 0.875 bits per heavy atom. The second-order valence-corrected chi connectivity index (χ2v) is 6.09. The summed E-state index contributed by atoms with van der Waals surface area (Å²) < 4.78 is 108. The van der Waals surface area contributed by atoms with Crippen molar-refractivity contribution in [1.82, 2.24) is 5.32 Å². The summed E-state index contributed by atoms with van der Waals surface area (Å²) in [6, 6.07) is -2.43. The smallest absolute Gasteiger partial charge is 0.311 e. The van der Waals surface area contributed by atoms with Gasteiger partial charge in [0.1, 0.15) is 0 Å². The molecule has 0 spiro atoms. The lowest BCUT2D eigenvalue weighted by atomic mass is 10.0. The van der Waals surface area contributed by atoms with E-state index in [0.29, 0.717) is 0 Å². The van der Waals surface area contributed by atoms with E-state index in [1.165, 1.54) is 13.8 Å². The van der Waals surface area contributed by atoms with E-state index < -0.39 is 57.4 Å². The van der Waals surface area contributed by atoms with E-state index in [1.807, 2.05) is 0 Å². The molecule has 4 N–H and O–H groups in total. The van der Waals surface area contributed by atoms with Gasteiger partial charge < -0.3 is 20.0 Å². The molecule has 14 heteroatoms. The number of hydrogen-bond donors (Lipinski definition) is 4. The number of rotatable bonds is 8. The van der Waals surface area contributed by atoms with Gasteiger partial charge in [-0.1, -0.05) is 13.8 Å². The first-order valence-corrected chi connectivity index (χ1v) is 7.81. The summed E-state index contributed by atoms with van der Waals surface area (Å²) in [5.41, 5.74) is 0. The molecular formula is C10H18F8NO4P. The van der Waals surface area contributed by atoms with Crippen LogP contribution in [0.25, 0.3) is 0 Å². The van der Waals surface area contributed by atoms with Crippen molar-refractivity contribution in [1.29, 1.82) is 0 Å². The van der Waals surface area contributed by atoms with E-state index in [-0.39, 0.29) is 0 Å². The number of alkyl halides is 8. The van der Waals surface area contributed by atoms with Crippen LogP contribution in [0.5, 0.6) is 0 Å². The molecule has 0 aromatic rings. The van der Waals surface area contributed by atoms with Gasteiger partial charge in [-0.05, 0) is 0 Å². The highest BCUT2D eigenvalue weighted by atomic mass is 31.2. The van der Waals surface area contributed by atoms with Crippen molar-refractivity contribution in [2.75, 3.05) is 0 Å². The molecule has 0 rings (SSSR count). The van der Waals surface area contributed by atoms with Gasteiger partial charge >= 0.3 is 32.5 Å². The third-order valence-electron chi connectivity index (χ3n) is 2.24. The minimum Gasteiger partial charge on any atom is -0.311 e. The van der Waals surface area contributed by atoms with Gasteiger partial charge in [-0.15, -0.1) is 0 Å². The van der Waals surface area contributed by atoms with E-state index in [1.54, 1.807) is 0 Å². The summed E-state index contributed by atoms with van der Waals surface area (Å²) in [5, 5.41) is 2.18. The zero-order valence-corrected chi connectivity index (χ0v) is 13.3. The highest BCUT2D eigenvalue weighted by Gasteiger charge is 2.48. The van der Waals surface area contributed by atoms with Crippen LogP contribution in [0.1, 0.15) is 26.7 Å². The molecule has 0 atom stereocenters. The third-order valence-corrected chi connectivity index (χ3v) is 2.24. The second-order valence-electron chi connectivity index (χ2n) is 5.06. The lowest BCUT2D eigenvalue weighted by molar-refractivity contribution is -0.158. The summed E-state index contributed by atoms with van der Waals surface area (Å²) >= 11 is 0. The highest BCUT2D eigenvalue weighted by Crippen LogP contribution is 2.34. The van der Waals surface area contributed by atoms with Crippen LogP contribution in [-0.4, -0.2) is 51.5 Å². The first-order valence-electron chi connectivity index (χ1n) is 6.24. The van der Waals surface area contributed by atoms with Crippen molar-refractivity contribution in [2.24, 2.45) is 0 Å². The summed E-state index contributed by atoms with van der Waals surface area (Å²) in [4.78, 5) is 21.6. The SMILES string of the molecule is CC(C)NC(CC(F)(F)C(F)F)CC(F)(F)C(F)F.O=P(O)(O)O. The van der Waals surface area contributed by atoms with E-state index in [2.05, 4.69) is 5.32 Å². The highest BCUT2D eigenvalue weighted by molar-refractivity contribution is 7.45. The zero-order chi connectivity index (χ0) is 19.9. The third kappa shape index (κ3) is 13.9. The number of halogens is 8. The predicted molar refractivity (Wildman–Crippen MR) is 67.5 cm³/mol. The average molecular weight is 399 g/mol. The Balaban J connectivity index is 0. The van der Waals surface area contributed by atoms with Crippen molar-refractivity contribution in [3.63, 3.8) is 0 Å². The van der Waals surface area contributed by atoms with Crippen LogP contribution < -0.4 is 5.32 Å². The lowest BCUT2D eigenvalue weighted by Crippen LogP contribution is -2.46. The molecule has 0 saturated carbocycles. The fraction of sp³-hybridized carbons (Fsp3) is 1.00. The molecule has 0 aliphatic heterocycles. The Morgan fingerprint density at radius 3 is 1.29 bits per heavy atom. The predicted octanol–water partition coefficient (Wildman–Crippen LogP) is 3.01. The summed E-state index contributed by atoms with van der Waals surface area (Å²) in [6.07, 6.45) is -11.3. The molecule has 0 unspecified atom stereocenters. The molecule has 0 aliphatic rings. The van der Waals surface area contributed by atoms with Gasteiger partial charge in [-0.3, -0.25) is 0 Å². The monoisotopic (exact) mass is 399 g/mol. The first-order chi connectivity index (χ1) is 10.4. The van der Waals surface area contributed by atoms with Gasteiger partial charge in [0.15, 0.2) is 0 Å². The molecule has 0 bridgehead atoms. The Morgan fingerprint density at radius 2 is 1.12 bits per heavy atom. The minimum atomic E-state index is -4.64. The Labute approximate surface area is 132 Å². The van der Waals surface area contributed by atoms with Gasteiger partial charge in [0.25, 0.3) is 0 Å². The topological polar surface area (TPSA) is 89.8 Å². The molecule has 0 radical (unpaired) electrons. The fourth-order valence-corrected chi connectivity index (χ4v) is 1.50. The van der Waals surface area contributed by atoms with Crippen molar-refractivity contribution in [2.45, 2.75) is 63.5 Å². The van der Waals surface area contributed by atoms with Crippen LogP contribution in [0, 0.1) is 0 Å². The van der Waals surface area contributed by atoms with Gasteiger partial charge in [0.05, 0.1) is 0 Å². The molecule has 24 heavy (non-hydrogen) atoms. The quantitative estimate of drug-likeness (QED) is 0.372. The summed E-state index contributed by atoms with van der Waals surface area (Å²) in [7, 11) is -4.64. The fourth-order valence-electron chi connectivity index (χ4n) is 1.50. The minimum absolute atomic E-state index is 0.591. The Bertz CT molecular complexity index is 374. The van der Waals surface area contributed by atoms with Crippen molar-refractivity contribution >= 4 is 7.82 Å². The molecule has 0 aliphatic carbocycles. The second kappa shape index (κ2) is 9.85. The van der Waals surface area contributed by atoms with E-state index in [0.717, 1.165) is 0 Å². The van der Waals surface area contributed by atoms with Gasteiger partial charge in [0.2, 0.25) is 0 Å². The first kappa shape index (κ1) is 25.7. The van der Waals surface area contributed by atoms with Crippen molar-refractivity contribution < 1.29 is 54.4 Å². The molecule has 0 aromatic carbocycles. The van der Waals surface area contributed by atoms with E-state index in [4.69, 9.17) is 19.2 Å². The van der Waals surface area contributed by atoms with Crippen molar-refractivity contribution in [3.8, 4) is 0 Å². The molecule has 148 valence electrons. The molecular weight excluding hydrogens is 381 g/mol. The van der Waals surface area contributed by atoms with Gasteiger partial charge in [-0.25, -0.2) is 39.7 Å². The van der Waals surface area contributed by atoms with Gasteiger partial charge in [-0.2, -0.15) is 0 Å². The van der Waals surface area contributed by atoms with Crippen LogP contribution in [0.2, 0.25) is 0 Å². The maximum atomic E-state index is 12.8. The standard InChI is InChI=1S/C10H15F8N.H3O4P/c1-5(2)19-6(3-9(15,16)7(11)12)4-10(17,18)8(13)14;1-5(2,3)4/h5-8,19H,3-4H2,1-2H3;(H3,1,2,3,4). The summed E-state index contributed by atoms with van der Waals surface area (Å²) in [5.74, 6) is -9.02. The zero-order valence-electron chi connectivity index (χ0n) is 12.4. The number of hydrogen-bond acceptors (Lipinski definition) is 2. The number of nitrogens with one attached hydrogen (secondary N) is 1. The lowest BCUT2D eigenvalue weighted by Gasteiger charge is -2.28. The molecule has 5 nitrogen and oxygen atoms in total. The van der Waals surface area contributed by atoms with Crippen LogP contribution >= 0.6 is 7.82 Å². The number of phosphoric acid groups is 1. The largest absolute Gasteiger partial charge is 0.466 e. The normalized spacial score (nSPS) is 13.7. The molecule has 0 aromatic heterocycles. The van der Waals surface area contributed by atoms with Crippen LogP contribution in [0.15, 0.2) is 0 Å². The van der Waals surface area contributed by atoms with Crippen LogP contribution in [0.3, 0.4) is 0 Å². The van der Waals surface area contributed by atoms with E-state index >= 15 is 0 Å². The Hall–Kier alpha value is -0.490. The molecule has 0 saturated heterocycles. The molecule has 0 fully saturated rings. The van der Waals surface area contributed by atoms with Crippen LogP contribution in [0.4, 0.5) is 35.1 Å². The molecule has 0 amide bonds. The van der Waals surface area contributed by atoms with Crippen LogP contribution in [-0.2, 0) is 4.57 Å². The maximum Gasteiger partial charge on any atom is 0.466 e. The van der Waals surface area contributed by atoms with Gasteiger partial charge in [0, 0.05) is 24.9 Å². The Kier molecular flexibility index (Phi) is 10.6.